The first-order valence-electron chi connectivity index (χ1n) is 6.64. The molecule has 0 aromatic heterocycles. The molecule has 0 radical (unpaired) electrons. The summed E-state index contributed by atoms with van der Waals surface area (Å²) in [7, 11) is -3.39. The lowest BCUT2D eigenvalue weighted by Crippen LogP contribution is -2.56. The first-order chi connectivity index (χ1) is 9.13. The number of hydrogen-bond donors (Lipinski definition) is 1. The van der Waals surface area contributed by atoms with Crippen LogP contribution in [0.2, 0.25) is 0 Å². The largest absolute Gasteiger partial charge is 0.329 e. The van der Waals surface area contributed by atoms with Crippen molar-refractivity contribution < 1.29 is 8.42 Å². The second-order valence-corrected chi connectivity index (χ2v) is 7.11. The summed E-state index contributed by atoms with van der Waals surface area (Å²) in [6, 6.07) is 8.93. The molecule has 0 amide bonds. The molecule has 5 nitrogen and oxygen atoms in total. The van der Waals surface area contributed by atoms with Gasteiger partial charge in [-0.05, 0) is 18.6 Å². The molecule has 6 heteroatoms. The van der Waals surface area contributed by atoms with Crippen molar-refractivity contribution in [2.75, 3.05) is 26.2 Å². The number of rotatable bonds is 3. The average Bonchev–Trinajstić information content (AvgIpc) is 2.84. The van der Waals surface area contributed by atoms with Gasteiger partial charge in [0.25, 0.3) is 0 Å². The topological polar surface area (TPSA) is 66.6 Å². The highest BCUT2D eigenvalue weighted by molar-refractivity contribution is 7.89. The van der Waals surface area contributed by atoms with Gasteiger partial charge < -0.3 is 5.73 Å². The molecule has 0 spiro atoms. The van der Waals surface area contributed by atoms with Crippen LogP contribution < -0.4 is 5.73 Å². The molecule has 2 aliphatic heterocycles. The van der Waals surface area contributed by atoms with Gasteiger partial charge >= 0.3 is 0 Å². The van der Waals surface area contributed by atoms with E-state index < -0.39 is 10.0 Å². The number of nitrogens with zero attached hydrogens (tertiary/aromatic N) is 2. The summed E-state index contributed by atoms with van der Waals surface area (Å²) >= 11 is 0. The predicted octanol–water partition coefficient (Wildman–Crippen LogP) is 0.0925. The van der Waals surface area contributed by atoms with Crippen LogP contribution in [0.1, 0.15) is 6.42 Å². The zero-order valence-corrected chi connectivity index (χ0v) is 11.6. The molecule has 1 aromatic carbocycles. The van der Waals surface area contributed by atoms with Crippen molar-refractivity contribution in [3.63, 3.8) is 0 Å². The first-order valence-corrected chi connectivity index (χ1v) is 8.08. The summed E-state index contributed by atoms with van der Waals surface area (Å²) < 4.78 is 27.1. The number of benzene rings is 1. The number of nitrogens with two attached hydrogens (primary N) is 1. The molecule has 0 saturated carbocycles. The predicted molar refractivity (Wildman–Crippen MR) is 73.2 cm³/mol. The number of fused-ring (bicyclic) bond motifs is 2. The number of sulfonamides is 1. The molecule has 3 unspecified atom stereocenters. The van der Waals surface area contributed by atoms with Crippen molar-refractivity contribution in [3.8, 4) is 0 Å². The maximum absolute atomic E-state index is 12.7. The maximum Gasteiger partial charge on any atom is 0.243 e. The molecule has 2 aliphatic rings. The third-order valence-electron chi connectivity index (χ3n) is 4.13. The molecule has 0 aliphatic carbocycles. The molecule has 2 heterocycles. The van der Waals surface area contributed by atoms with Crippen molar-refractivity contribution in [1.82, 2.24) is 9.21 Å². The molecule has 104 valence electrons. The van der Waals surface area contributed by atoms with Gasteiger partial charge in [0.1, 0.15) is 0 Å². The maximum atomic E-state index is 12.7. The Kier molecular flexibility index (Phi) is 3.34. The summed E-state index contributed by atoms with van der Waals surface area (Å²) in [5.41, 5.74) is 5.77. The fraction of sp³-hybridized carbons (Fsp3) is 0.538. The molecule has 2 bridgehead atoms. The third-order valence-corrected chi connectivity index (χ3v) is 6.06. The lowest BCUT2D eigenvalue weighted by atomic mass is 10.2. The quantitative estimate of drug-likeness (QED) is 0.853. The van der Waals surface area contributed by atoms with E-state index in [9.17, 15) is 8.42 Å². The van der Waals surface area contributed by atoms with Gasteiger partial charge in [0.15, 0.2) is 0 Å². The van der Waals surface area contributed by atoms with Gasteiger partial charge in [0.2, 0.25) is 10.0 Å². The summed E-state index contributed by atoms with van der Waals surface area (Å²) in [5, 5.41) is 0. The fourth-order valence-corrected chi connectivity index (χ4v) is 4.76. The Balaban J connectivity index is 1.93. The van der Waals surface area contributed by atoms with Crippen LogP contribution >= 0.6 is 0 Å². The Hall–Kier alpha value is -0.950. The molecule has 2 N–H and O–H groups in total. The smallest absolute Gasteiger partial charge is 0.243 e. The minimum Gasteiger partial charge on any atom is -0.329 e. The van der Waals surface area contributed by atoms with Crippen molar-refractivity contribution in [2.24, 2.45) is 5.73 Å². The van der Waals surface area contributed by atoms with Gasteiger partial charge in [-0.3, -0.25) is 4.90 Å². The van der Waals surface area contributed by atoms with Crippen LogP contribution in [0, 0.1) is 0 Å². The molecule has 2 fully saturated rings. The van der Waals surface area contributed by atoms with E-state index in [1.807, 2.05) is 6.07 Å². The molecule has 1 aromatic rings. The highest BCUT2D eigenvalue weighted by Crippen LogP contribution is 2.29. The Morgan fingerprint density at radius 1 is 1.21 bits per heavy atom. The van der Waals surface area contributed by atoms with E-state index in [-0.39, 0.29) is 12.1 Å². The summed E-state index contributed by atoms with van der Waals surface area (Å²) in [6.45, 7) is 2.78. The Labute approximate surface area is 114 Å². The Morgan fingerprint density at radius 2 is 1.95 bits per heavy atom. The van der Waals surface area contributed by atoms with E-state index in [2.05, 4.69) is 4.90 Å². The highest BCUT2D eigenvalue weighted by atomic mass is 32.2. The Bertz CT molecular complexity index is 546. The van der Waals surface area contributed by atoms with E-state index in [1.54, 1.807) is 28.6 Å². The molecule has 19 heavy (non-hydrogen) atoms. The standard InChI is InChI=1S/C13H19N3O2S/c14-8-12-10-16(11-6-7-15(12)9-11)19(17,18)13-4-2-1-3-5-13/h1-5,11-12H,6-10,14H2. The zero-order chi connectivity index (χ0) is 13.5. The highest BCUT2D eigenvalue weighted by Gasteiger charge is 2.43. The van der Waals surface area contributed by atoms with Gasteiger partial charge in [-0.1, -0.05) is 18.2 Å². The fourth-order valence-electron chi connectivity index (χ4n) is 3.05. The van der Waals surface area contributed by atoms with Crippen molar-refractivity contribution in [3.05, 3.63) is 30.3 Å². The monoisotopic (exact) mass is 281 g/mol. The van der Waals surface area contributed by atoms with Crippen molar-refractivity contribution in [1.29, 1.82) is 0 Å². The second kappa shape index (κ2) is 4.86. The third kappa shape index (κ3) is 2.18. The van der Waals surface area contributed by atoms with Gasteiger partial charge in [-0.15, -0.1) is 0 Å². The van der Waals surface area contributed by atoms with Gasteiger partial charge in [0, 0.05) is 38.3 Å². The van der Waals surface area contributed by atoms with Crippen LogP contribution in [0.25, 0.3) is 0 Å². The molecular weight excluding hydrogens is 262 g/mol. The number of hydrogen-bond acceptors (Lipinski definition) is 4. The SMILES string of the molecule is NCC1CN(S(=O)(=O)c2ccccc2)C2CCN1C2. The average molecular weight is 281 g/mol. The lowest BCUT2D eigenvalue weighted by molar-refractivity contribution is 0.148. The van der Waals surface area contributed by atoms with E-state index in [1.165, 1.54) is 0 Å². The van der Waals surface area contributed by atoms with E-state index in [4.69, 9.17) is 5.73 Å². The molecule has 3 atom stereocenters. The van der Waals surface area contributed by atoms with Gasteiger partial charge in [0.05, 0.1) is 4.90 Å². The van der Waals surface area contributed by atoms with E-state index in [0.29, 0.717) is 18.0 Å². The summed E-state index contributed by atoms with van der Waals surface area (Å²) in [5.74, 6) is 0. The Morgan fingerprint density at radius 3 is 2.63 bits per heavy atom. The van der Waals surface area contributed by atoms with Crippen LogP contribution in [0.4, 0.5) is 0 Å². The minimum atomic E-state index is -3.39. The van der Waals surface area contributed by atoms with Crippen LogP contribution in [0.5, 0.6) is 0 Å². The number of piperazine rings is 1. The van der Waals surface area contributed by atoms with Crippen LogP contribution in [-0.2, 0) is 10.0 Å². The zero-order valence-electron chi connectivity index (χ0n) is 10.8. The van der Waals surface area contributed by atoms with E-state index >= 15 is 0 Å². The van der Waals surface area contributed by atoms with Crippen LogP contribution in [0.15, 0.2) is 35.2 Å². The molecular formula is C13H19N3O2S. The van der Waals surface area contributed by atoms with Gasteiger partial charge in [-0.25, -0.2) is 8.42 Å². The molecule has 3 rings (SSSR count). The first kappa shape index (κ1) is 13.1. The van der Waals surface area contributed by atoms with E-state index in [0.717, 1.165) is 19.5 Å². The minimum absolute atomic E-state index is 0.105. The normalized spacial score (nSPS) is 31.5. The van der Waals surface area contributed by atoms with Crippen LogP contribution in [0.3, 0.4) is 0 Å². The van der Waals surface area contributed by atoms with Gasteiger partial charge in [-0.2, -0.15) is 4.31 Å². The second-order valence-electron chi connectivity index (χ2n) is 5.21. The molecule has 2 saturated heterocycles. The lowest BCUT2D eigenvalue weighted by Gasteiger charge is -2.38. The summed E-state index contributed by atoms with van der Waals surface area (Å²) in [4.78, 5) is 2.69. The van der Waals surface area contributed by atoms with Crippen molar-refractivity contribution >= 4 is 10.0 Å². The van der Waals surface area contributed by atoms with Crippen LogP contribution in [-0.4, -0.2) is 55.9 Å². The van der Waals surface area contributed by atoms with Crippen molar-refractivity contribution in [2.45, 2.75) is 23.4 Å². The summed E-state index contributed by atoms with van der Waals surface area (Å²) in [6.07, 6.45) is 0.905.